The van der Waals surface area contributed by atoms with E-state index in [-0.39, 0.29) is 5.78 Å². The molecule has 20 heavy (non-hydrogen) atoms. The molecule has 0 unspecified atom stereocenters. The summed E-state index contributed by atoms with van der Waals surface area (Å²) in [6, 6.07) is 15.9. The molecule has 2 aromatic carbocycles. The molecule has 0 atom stereocenters. The second-order valence-electron chi connectivity index (χ2n) is 4.89. The zero-order valence-electron chi connectivity index (χ0n) is 11.5. The van der Waals surface area contributed by atoms with Gasteiger partial charge >= 0.3 is 0 Å². The first-order valence-corrected chi connectivity index (χ1v) is 7.28. The summed E-state index contributed by atoms with van der Waals surface area (Å²) in [5.74, 6) is 0.124. The third-order valence-corrected chi connectivity index (χ3v) is 4.38. The smallest absolute Gasteiger partial charge is 0.200 e. The highest BCUT2D eigenvalue weighted by atomic mass is 32.2. The number of nitrogens with zero attached hydrogens (tertiary/aromatic N) is 1. The Morgan fingerprint density at radius 2 is 1.70 bits per heavy atom. The van der Waals surface area contributed by atoms with Gasteiger partial charge in [-0.05, 0) is 29.8 Å². The summed E-state index contributed by atoms with van der Waals surface area (Å²) in [6.45, 7) is 0. The number of carbonyl (C=O) groups excluding carboxylic acids is 1. The third kappa shape index (κ3) is 2.25. The second-order valence-corrected chi connectivity index (χ2v) is 5.97. The van der Waals surface area contributed by atoms with Gasteiger partial charge in [0.25, 0.3) is 0 Å². The monoisotopic (exact) mass is 281 g/mol. The van der Waals surface area contributed by atoms with Crippen molar-refractivity contribution < 1.29 is 4.79 Å². The van der Waals surface area contributed by atoms with Crippen LogP contribution in [0.15, 0.2) is 58.3 Å². The van der Waals surface area contributed by atoms with E-state index < -0.39 is 0 Å². The van der Waals surface area contributed by atoms with Crippen LogP contribution in [0.2, 0.25) is 0 Å². The number of fused-ring (bicyclic) bond motifs is 1. The fraction of sp³-hybridized carbons (Fsp3) is 0.118. The van der Waals surface area contributed by atoms with Crippen molar-refractivity contribution in [1.82, 2.24) is 0 Å². The number of thioether (sulfide) groups is 1. The summed E-state index contributed by atoms with van der Waals surface area (Å²) in [5.41, 5.74) is 3.00. The number of ketones is 1. The van der Waals surface area contributed by atoms with Crippen LogP contribution in [-0.2, 0) is 0 Å². The predicted octanol–water partition coefficient (Wildman–Crippen LogP) is 4.08. The maximum Gasteiger partial charge on any atom is 0.200 e. The Hall–Kier alpha value is -2.00. The van der Waals surface area contributed by atoms with Gasteiger partial charge in [-0.25, -0.2) is 0 Å². The topological polar surface area (TPSA) is 20.3 Å². The number of carbonyl (C=O) groups is 1. The highest BCUT2D eigenvalue weighted by Gasteiger charge is 2.25. The van der Waals surface area contributed by atoms with Crippen molar-refractivity contribution in [2.75, 3.05) is 19.0 Å². The van der Waals surface area contributed by atoms with Gasteiger partial charge < -0.3 is 4.90 Å². The summed E-state index contributed by atoms with van der Waals surface area (Å²) in [4.78, 5) is 16.3. The van der Waals surface area contributed by atoms with E-state index in [1.807, 2.05) is 62.6 Å². The van der Waals surface area contributed by atoms with E-state index in [0.29, 0.717) is 0 Å². The van der Waals surface area contributed by atoms with Crippen LogP contribution in [0, 0.1) is 0 Å². The third-order valence-electron chi connectivity index (χ3n) is 3.28. The molecule has 0 saturated heterocycles. The lowest BCUT2D eigenvalue weighted by Gasteiger charge is -2.15. The molecule has 0 spiro atoms. The van der Waals surface area contributed by atoms with Gasteiger partial charge in [0.1, 0.15) is 0 Å². The quantitative estimate of drug-likeness (QED) is 0.774. The van der Waals surface area contributed by atoms with Crippen LogP contribution in [0.5, 0.6) is 0 Å². The van der Waals surface area contributed by atoms with Crippen molar-refractivity contribution in [1.29, 1.82) is 0 Å². The number of allylic oxidation sites excluding steroid dienone is 1. The van der Waals surface area contributed by atoms with Crippen molar-refractivity contribution in [3.63, 3.8) is 0 Å². The van der Waals surface area contributed by atoms with Gasteiger partial charge in [-0.2, -0.15) is 0 Å². The first-order valence-electron chi connectivity index (χ1n) is 6.46. The maximum absolute atomic E-state index is 12.4. The van der Waals surface area contributed by atoms with E-state index in [4.69, 9.17) is 0 Å². The highest BCUT2D eigenvalue weighted by Crippen LogP contribution is 2.41. The molecule has 0 aromatic heterocycles. The molecule has 0 amide bonds. The molecule has 1 aliphatic rings. The maximum atomic E-state index is 12.4. The van der Waals surface area contributed by atoms with Crippen LogP contribution >= 0.6 is 11.8 Å². The second kappa shape index (κ2) is 5.17. The Kier molecular flexibility index (Phi) is 3.36. The fourth-order valence-electron chi connectivity index (χ4n) is 2.29. The van der Waals surface area contributed by atoms with E-state index in [9.17, 15) is 4.79 Å². The van der Waals surface area contributed by atoms with E-state index in [1.54, 1.807) is 11.8 Å². The lowest BCUT2D eigenvalue weighted by atomic mass is 10.1. The average Bonchev–Trinajstić information content (AvgIpc) is 2.76. The minimum absolute atomic E-state index is 0.124. The molecule has 3 heteroatoms. The fourth-order valence-corrected chi connectivity index (χ4v) is 3.34. The van der Waals surface area contributed by atoms with Crippen LogP contribution in [-0.4, -0.2) is 19.9 Å². The van der Waals surface area contributed by atoms with Gasteiger partial charge in [-0.15, -0.1) is 0 Å². The zero-order valence-corrected chi connectivity index (χ0v) is 12.3. The molecule has 1 heterocycles. The molecule has 100 valence electrons. The van der Waals surface area contributed by atoms with Crippen molar-refractivity contribution in [3.05, 3.63) is 64.6 Å². The number of Topliss-reactive ketones (excluding diaryl/α,β-unsaturated/α-hetero) is 1. The largest absolute Gasteiger partial charge is 0.377 e. The zero-order chi connectivity index (χ0) is 14.1. The van der Waals surface area contributed by atoms with Crippen LogP contribution in [0.3, 0.4) is 0 Å². The Morgan fingerprint density at radius 3 is 2.45 bits per heavy atom. The molecule has 0 saturated carbocycles. The van der Waals surface area contributed by atoms with Gasteiger partial charge in [-0.1, -0.05) is 42.1 Å². The number of anilines is 1. The molecule has 0 fully saturated rings. The number of benzene rings is 2. The van der Waals surface area contributed by atoms with Crippen LogP contribution < -0.4 is 4.90 Å². The van der Waals surface area contributed by atoms with Crippen molar-refractivity contribution in [3.8, 4) is 0 Å². The first-order chi connectivity index (χ1) is 9.66. The molecular formula is C17H15NOS. The molecule has 2 aromatic rings. The Labute approximate surface area is 123 Å². The van der Waals surface area contributed by atoms with Crippen molar-refractivity contribution >= 4 is 29.3 Å². The first kappa shape index (κ1) is 13.0. The molecule has 0 radical (unpaired) electrons. The average molecular weight is 281 g/mol. The van der Waals surface area contributed by atoms with Gasteiger partial charge in [0.05, 0.1) is 4.91 Å². The van der Waals surface area contributed by atoms with E-state index >= 15 is 0 Å². The van der Waals surface area contributed by atoms with Crippen LogP contribution in [0.1, 0.15) is 15.9 Å². The van der Waals surface area contributed by atoms with Crippen molar-refractivity contribution in [2.45, 2.75) is 4.90 Å². The van der Waals surface area contributed by atoms with Gasteiger partial charge in [-0.3, -0.25) is 4.79 Å². The number of hydrogen-bond donors (Lipinski definition) is 0. The highest BCUT2D eigenvalue weighted by molar-refractivity contribution is 8.04. The summed E-state index contributed by atoms with van der Waals surface area (Å²) >= 11 is 1.55. The molecule has 2 nitrogen and oxygen atoms in total. The Bertz CT molecular complexity index is 704. The molecular weight excluding hydrogens is 266 g/mol. The minimum atomic E-state index is 0.124. The Balaban J connectivity index is 2.02. The van der Waals surface area contributed by atoms with Gasteiger partial charge in [0.15, 0.2) is 0 Å². The molecule has 0 N–H and O–H groups in total. The number of rotatable bonds is 2. The lowest BCUT2D eigenvalue weighted by molar-refractivity contribution is 0.104. The molecule has 0 bridgehead atoms. The Morgan fingerprint density at radius 1 is 1.00 bits per heavy atom. The van der Waals surface area contributed by atoms with E-state index in [0.717, 1.165) is 26.6 Å². The predicted molar refractivity (Wildman–Crippen MR) is 85.4 cm³/mol. The van der Waals surface area contributed by atoms with E-state index in [1.165, 1.54) is 0 Å². The van der Waals surface area contributed by atoms with Gasteiger partial charge in [0.2, 0.25) is 5.78 Å². The van der Waals surface area contributed by atoms with Crippen LogP contribution in [0.4, 0.5) is 5.69 Å². The summed E-state index contributed by atoms with van der Waals surface area (Å²) in [7, 11) is 4.02. The summed E-state index contributed by atoms with van der Waals surface area (Å²) < 4.78 is 0. The number of hydrogen-bond acceptors (Lipinski definition) is 3. The standard InChI is InChI=1S/C17H15NOS/c1-18(2)14-9-5-3-7-12(14)11-16-17(19)13-8-4-6-10-15(13)20-16/h3-11H,1-2H3. The minimum Gasteiger partial charge on any atom is -0.377 e. The molecule has 1 aliphatic heterocycles. The number of para-hydroxylation sites is 1. The summed E-state index contributed by atoms with van der Waals surface area (Å²) in [6.07, 6.45) is 1.99. The van der Waals surface area contributed by atoms with Crippen molar-refractivity contribution in [2.24, 2.45) is 0 Å². The summed E-state index contributed by atoms with van der Waals surface area (Å²) in [5, 5.41) is 0. The SMILES string of the molecule is CN(C)c1ccccc1C=C1Sc2ccccc2C1=O. The lowest BCUT2D eigenvalue weighted by Crippen LogP contribution is -2.10. The van der Waals surface area contributed by atoms with Crippen LogP contribution in [0.25, 0.3) is 6.08 Å². The van der Waals surface area contributed by atoms with E-state index in [2.05, 4.69) is 11.0 Å². The molecule has 3 rings (SSSR count). The normalized spacial score (nSPS) is 15.5. The van der Waals surface area contributed by atoms with Gasteiger partial charge in [0, 0.05) is 30.2 Å². The molecule has 0 aliphatic carbocycles.